The van der Waals surface area contributed by atoms with E-state index in [4.69, 9.17) is 14.2 Å². The number of carbonyl (C=O) groups is 2. The number of hydrogen-bond donors (Lipinski definition) is 1. The summed E-state index contributed by atoms with van der Waals surface area (Å²) in [4.78, 5) is 24.0. The van der Waals surface area contributed by atoms with Gasteiger partial charge in [0.05, 0.1) is 20.8 Å². The predicted molar refractivity (Wildman–Crippen MR) is 98.6 cm³/mol. The molecule has 6 nitrogen and oxygen atoms in total. The van der Waals surface area contributed by atoms with Crippen LogP contribution in [0.15, 0.2) is 18.2 Å². The predicted octanol–water partition coefficient (Wildman–Crippen LogP) is 3.71. The third-order valence-electron chi connectivity index (χ3n) is 4.50. The number of benzene rings is 1. The molecule has 0 aromatic heterocycles. The van der Waals surface area contributed by atoms with E-state index in [9.17, 15) is 14.7 Å². The molecule has 0 spiro atoms. The molecule has 1 aromatic carbocycles. The highest BCUT2D eigenvalue weighted by Crippen LogP contribution is 2.32. The van der Waals surface area contributed by atoms with Crippen molar-refractivity contribution in [2.75, 3.05) is 20.8 Å². The normalized spacial score (nSPS) is 12.9. The standard InChI is InChI=1S/C20H30O6/c1-5-7-9-14(6-2)13-26-20(23)16(19(21)22)12-15-10-8-11-17(24-3)18(15)25-4/h8,10-11,14,16H,5-7,9,12-13H2,1-4H3,(H,21,22). The number of aliphatic carboxylic acids is 1. The van der Waals surface area contributed by atoms with Gasteiger partial charge in [0, 0.05) is 6.42 Å². The van der Waals surface area contributed by atoms with Gasteiger partial charge in [-0.25, -0.2) is 0 Å². The summed E-state index contributed by atoms with van der Waals surface area (Å²) < 4.78 is 15.9. The van der Waals surface area contributed by atoms with Crippen molar-refractivity contribution in [1.29, 1.82) is 0 Å². The Hall–Kier alpha value is -2.24. The highest BCUT2D eigenvalue weighted by molar-refractivity contribution is 5.94. The number of hydrogen-bond acceptors (Lipinski definition) is 5. The lowest BCUT2D eigenvalue weighted by molar-refractivity contribution is -0.159. The molecule has 1 N–H and O–H groups in total. The molecular weight excluding hydrogens is 336 g/mol. The van der Waals surface area contributed by atoms with Crippen LogP contribution < -0.4 is 9.47 Å². The molecule has 0 radical (unpaired) electrons. The Morgan fingerprint density at radius 2 is 1.88 bits per heavy atom. The van der Waals surface area contributed by atoms with E-state index in [1.54, 1.807) is 18.2 Å². The van der Waals surface area contributed by atoms with Gasteiger partial charge in [-0.15, -0.1) is 0 Å². The number of unbranched alkanes of at least 4 members (excludes halogenated alkanes) is 1. The van der Waals surface area contributed by atoms with E-state index in [1.807, 2.05) is 6.92 Å². The summed E-state index contributed by atoms with van der Waals surface area (Å²) in [5.41, 5.74) is 0.592. The van der Waals surface area contributed by atoms with Gasteiger partial charge in [-0.05, 0) is 24.0 Å². The topological polar surface area (TPSA) is 82.1 Å². The van der Waals surface area contributed by atoms with Crippen LogP contribution in [0.5, 0.6) is 11.5 Å². The van der Waals surface area contributed by atoms with Crippen LogP contribution in [-0.4, -0.2) is 37.9 Å². The van der Waals surface area contributed by atoms with Crippen molar-refractivity contribution in [3.63, 3.8) is 0 Å². The summed E-state index contributed by atoms with van der Waals surface area (Å²) in [5.74, 6) is -2.00. The van der Waals surface area contributed by atoms with Crippen LogP contribution in [0.25, 0.3) is 0 Å². The van der Waals surface area contributed by atoms with Crippen molar-refractivity contribution in [3.05, 3.63) is 23.8 Å². The molecule has 0 bridgehead atoms. The van der Waals surface area contributed by atoms with Crippen molar-refractivity contribution in [1.82, 2.24) is 0 Å². The lowest BCUT2D eigenvalue weighted by Crippen LogP contribution is -2.29. The van der Waals surface area contributed by atoms with Crippen molar-refractivity contribution in [3.8, 4) is 11.5 Å². The molecule has 146 valence electrons. The van der Waals surface area contributed by atoms with Gasteiger partial charge in [0.15, 0.2) is 17.4 Å². The monoisotopic (exact) mass is 366 g/mol. The first-order chi connectivity index (χ1) is 12.5. The Labute approximate surface area is 155 Å². The average Bonchev–Trinajstić information content (AvgIpc) is 2.65. The molecule has 1 rings (SSSR count). The number of carboxylic acid groups (broad SMARTS) is 1. The zero-order valence-corrected chi connectivity index (χ0v) is 16.1. The Morgan fingerprint density at radius 3 is 2.42 bits per heavy atom. The lowest BCUT2D eigenvalue weighted by Gasteiger charge is -2.18. The van der Waals surface area contributed by atoms with Crippen LogP contribution in [0.2, 0.25) is 0 Å². The Kier molecular flexibility index (Phi) is 9.55. The van der Waals surface area contributed by atoms with Gasteiger partial charge < -0.3 is 19.3 Å². The van der Waals surface area contributed by atoms with E-state index in [-0.39, 0.29) is 18.9 Å². The molecule has 0 aliphatic rings. The Balaban J connectivity index is 2.83. The minimum absolute atomic E-state index is 0.0136. The van der Waals surface area contributed by atoms with E-state index in [0.717, 1.165) is 25.7 Å². The van der Waals surface area contributed by atoms with Crippen LogP contribution in [0, 0.1) is 11.8 Å². The second kappa shape index (κ2) is 11.4. The van der Waals surface area contributed by atoms with Gasteiger partial charge in [0.2, 0.25) is 0 Å². The third kappa shape index (κ3) is 6.24. The quantitative estimate of drug-likeness (QED) is 0.449. The maximum Gasteiger partial charge on any atom is 0.320 e. The van der Waals surface area contributed by atoms with Crippen LogP contribution in [0.1, 0.15) is 45.1 Å². The first-order valence-electron chi connectivity index (χ1n) is 9.07. The molecule has 0 heterocycles. The van der Waals surface area contributed by atoms with Crippen LogP contribution in [-0.2, 0) is 20.7 Å². The highest BCUT2D eigenvalue weighted by Gasteiger charge is 2.30. The lowest BCUT2D eigenvalue weighted by atomic mass is 9.98. The number of para-hydroxylation sites is 1. The van der Waals surface area contributed by atoms with Gasteiger partial charge in [0.1, 0.15) is 0 Å². The Bertz CT molecular complexity index is 584. The van der Waals surface area contributed by atoms with Gasteiger partial charge in [-0.2, -0.15) is 0 Å². The SMILES string of the molecule is CCCCC(CC)COC(=O)C(Cc1cccc(OC)c1OC)C(=O)O. The van der Waals surface area contributed by atoms with Crippen LogP contribution >= 0.6 is 0 Å². The van der Waals surface area contributed by atoms with E-state index < -0.39 is 17.9 Å². The first-order valence-corrected chi connectivity index (χ1v) is 9.07. The summed E-state index contributed by atoms with van der Waals surface area (Å²) in [5, 5.41) is 9.49. The van der Waals surface area contributed by atoms with Crippen molar-refractivity contribution in [2.24, 2.45) is 11.8 Å². The van der Waals surface area contributed by atoms with E-state index >= 15 is 0 Å². The number of methoxy groups -OCH3 is 2. The summed E-state index contributed by atoms with van der Waals surface area (Å²) >= 11 is 0. The fourth-order valence-corrected chi connectivity index (χ4v) is 2.80. The number of rotatable bonds is 12. The summed E-state index contributed by atoms with van der Waals surface area (Å²) in [6.45, 7) is 4.42. The molecule has 1 aromatic rings. The number of ether oxygens (including phenoxy) is 3. The molecule has 0 aliphatic heterocycles. The molecule has 0 aliphatic carbocycles. The minimum Gasteiger partial charge on any atom is -0.493 e. The molecule has 0 fully saturated rings. The summed E-state index contributed by atoms with van der Waals surface area (Å²) in [6, 6.07) is 5.18. The zero-order valence-electron chi connectivity index (χ0n) is 16.1. The maximum absolute atomic E-state index is 12.4. The number of esters is 1. The molecule has 2 atom stereocenters. The summed E-state index contributed by atoms with van der Waals surface area (Å²) in [7, 11) is 2.99. The highest BCUT2D eigenvalue weighted by atomic mass is 16.5. The van der Waals surface area contributed by atoms with Gasteiger partial charge in [-0.1, -0.05) is 45.2 Å². The zero-order chi connectivity index (χ0) is 19.5. The minimum atomic E-state index is -1.28. The Morgan fingerprint density at radius 1 is 1.15 bits per heavy atom. The van der Waals surface area contributed by atoms with Crippen LogP contribution in [0.4, 0.5) is 0 Å². The smallest absolute Gasteiger partial charge is 0.320 e. The second-order valence-corrected chi connectivity index (χ2v) is 6.29. The second-order valence-electron chi connectivity index (χ2n) is 6.29. The molecule has 0 saturated heterocycles. The van der Waals surface area contributed by atoms with Crippen LogP contribution in [0.3, 0.4) is 0 Å². The van der Waals surface area contributed by atoms with Crippen molar-refractivity contribution >= 4 is 11.9 Å². The molecule has 26 heavy (non-hydrogen) atoms. The largest absolute Gasteiger partial charge is 0.493 e. The molecule has 0 amide bonds. The molecule has 6 heteroatoms. The molecule has 2 unspecified atom stereocenters. The number of carboxylic acids is 1. The fourth-order valence-electron chi connectivity index (χ4n) is 2.80. The average molecular weight is 366 g/mol. The van der Waals surface area contributed by atoms with Crippen molar-refractivity contribution in [2.45, 2.75) is 46.0 Å². The number of carbonyl (C=O) groups excluding carboxylic acids is 1. The van der Waals surface area contributed by atoms with Crippen molar-refractivity contribution < 1.29 is 28.9 Å². The van der Waals surface area contributed by atoms with E-state index in [2.05, 4.69) is 6.92 Å². The van der Waals surface area contributed by atoms with Gasteiger partial charge >= 0.3 is 11.9 Å². The fraction of sp³-hybridized carbons (Fsp3) is 0.600. The van der Waals surface area contributed by atoms with Gasteiger partial charge in [-0.3, -0.25) is 9.59 Å². The third-order valence-corrected chi connectivity index (χ3v) is 4.50. The molecule has 0 saturated carbocycles. The molecular formula is C20H30O6. The first kappa shape index (κ1) is 21.8. The van der Waals surface area contributed by atoms with E-state index in [1.165, 1.54) is 14.2 Å². The summed E-state index contributed by atoms with van der Waals surface area (Å²) in [6.07, 6.45) is 4.01. The maximum atomic E-state index is 12.4. The van der Waals surface area contributed by atoms with Gasteiger partial charge in [0.25, 0.3) is 0 Å². The van der Waals surface area contributed by atoms with E-state index in [0.29, 0.717) is 17.1 Å².